The van der Waals surface area contributed by atoms with E-state index in [4.69, 9.17) is 12.2 Å². The van der Waals surface area contributed by atoms with Crippen LogP contribution in [-0.2, 0) is 16.1 Å². The number of H-pyrrole nitrogens is 1. The van der Waals surface area contributed by atoms with E-state index in [0.29, 0.717) is 23.6 Å². The molecule has 7 nitrogen and oxygen atoms in total. The summed E-state index contributed by atoms with van der Waals surface area (Å²) < 4.78 is 2.07. The second-order valence-corrected chi connectivity index (χ2v) is 6.94. The van der Waals surface area contributed by atoms with Gasteiger partial charge in [0.25, 0.3) is 0 Å². The number of amides is 2. The molecule has 1 aliphatic rings. The molecule has 2 amide bonds. The van der Waals surface area contributed by atoms with Crippen molar-refractivity contribution in [3.05, 3.63) is 22.3 Å². The molecular formula is C15H19N5O2S2. The fourth-order valence-electron chi connectivity index (χ4n) is 2.69. The third-order valence-corrected chi connectivity index (χ3v) is 5.10. The predicted molar refractivity (Wildman–Crippen MR) is 94.2 cm³/mol. The van der Waals surface area contributed by atoms with E-state index < -0.39 is 0 Å². The lowest BCUT2D eigenvalue weighted by molar-refractivity contribution is -0.130. The van der Waals surface area contributed by atoms with Crippen molar-refractivity contribution >= 4 is 35.4 Å². The molecule has 2 aromatic heterocycles. The van der Waals surface area contributed by atoms with Gasteiger partial charge in [0.2, 0.25) is 11.8 Å². The maximum Gasteiger partial charge on any atom is 0.240 e. The van der Waals surface area contributed by atoms with Gasteiger partial charge < -0.3 is 10.2 Å². The number of nitrogens with zero attached hydrogens (tertiary/aromatic N) is 3. The average Bonchev–Trinajstić information content (AvgIpc) is 3.29. The van der Waals surface area contributed by atoms with Crippen LogP contribution in [0.25, 0.3) is 10.7 Å². The largest absolute Gasteiger partial charge is 0.354 e. The van der Waals surface area contributed by atoms with Gasteiger partial charge in [0, 0.05) is 26.1 Å². The molecule has 1 saturated heterocycles. The number of likely N-dealkylation sites (tertiary alicyclic amines) is 1. The molecule has 2 N–H and O–H groups in total. The zero-order chi connectivity index (χ0) is 16.9. The number of nitrogens with one attached hydrogen (secondary N) is 2. The van der Waals surface area contributed by atoms with Gasteiger partial charge >= 0.3 is 0 Å². The number of rotatable bonds is 6. The molecule has 1 fully saturated rings. The van der Waals surface area contributed by atoms with Crippen molar-refractivity contribution in [2.24, 2.45) is 0 Å². The van der Waals surface area contributed by atoms with Gasteiger partial charge in [0.05, 0.1) is 4.88 Å². The lowest BCUT2D eigenvalue weighted by atomic mass is 10.3. The van der Waals surface area contributed by atoms with Crippen molar-refractivity contribution < 1.29 is 9.59 Å². The van der Waals surface area contributed by atoms with E-state index in [2.05, 4.69) is 15.5 Å². The summed E-state index contributed by atoms with van der Waals surface area (Å²) in [5.74, 6) is 0.574. The van der Waals surface area contributed by atoms with Gasteiger partial charge in [-0.25, -0.2) is 0 Å². The Morgan fingerprint density at radius 2 is 2.17 bits per heavy atom. The first-order chi connectivity index (χ1) is 11.6. The summed E-state index contributed by atoms with van der Waals surface area (Å²) in [5, 5.41) is 11.6. The Kier molecular flexibility index (Phi) is 5.41. The number of aromatic nitrogens is 3. The van der Waals surface area contributed by atoms with Gasteiger partial charge in [-0.15, -0.1) is 11.3 Å². The fourth-order valence-corrected chi connectivity index (χ4v) is 3.61. The lowest BCUT2D eigenvalue weighted by Crippen LogP contribution is -2.34. The van der Waals surface area contributed by atoms with E-state index in [0.717, 1.165) is 30.8 Å². The van der Waals surface area contributed by atoms with Crippen LogP contribution in [-0.4, -0.2) is 51.1 Å². The number of carbonyl (C=O) groups excluding carboxylic acids is 2. The summed E-state index contributed by atoms with van der Waals surface area (Å²) in [6, 6.07) is 3.85. The van der Waals surface area contributed by atoms with Crippen molar-refractivity contribution in [2.75, 3.05) is 19.6 Å². The van der Waals surface area contributed by atoms with Crippen LogP contribution in [0.3, 0.4) is 0 Å². The molecule has 1 aliphatic heterocycles. The maximum atomic E-state index is 12.1. The van der Waals surface area contributed by atoms with Crippen molar-refractivity contribution in [1.29, 1.82) is 0 Å². The monoisotopic (exact) mass is 365 g/mol. The molecule has 0 saturated carbocycles. The quantitative estimate of drug-likeness (QED) is 0.765. The highest BCUT2D eigenvalue weighted by Crippen LogP contribution is 2.22. The number of thiophene rings is 1. The molecule has 0 aliphatic carbocycles. The van der Waals surface area contributed by atoms with Crippen LogP contribution in [0.15, 0.2) is 17.5 Å². The maximum absolute atomic E-state index is 12.1. The summed E-state index contributed by atoms with van der Waals surface area (Å²) in [5.41, 5.74) is 0. The normalized spacial score (nSPS) is 14.1. The van der Waals surface area contributed by atoms with E-state index in [1.807, 2.05) is 22.4 Å². The highest BCUT2D eigenvalue weighted by Gasteiger charge is 2.18. The second-order valence-electron chi connectivity index (χ2n) is 5.60. The van der Waals surface area contributed by atoms with E-state index >= 15 is 0 Å². The summed E-state index contributed by atoms with van der Waals surface area (Å²) >= 11 is 6.74. The molecule has 0 aromatic carbocycles. The zero-order valence-corrected chi connectivity index (χ0v) is 14.8. The van der Waals surface area contributed by atoms with Crippen molar-refractivity contribution in [3.8, 4) is 10.7 Å². The van der Waals surface area contributed by atoms with Gasteiger partial charge in [-0.2, -0.15) is 5.10 Å². The Morgan fingerprint density at radius 3 is 2.88 bits per heavy atom. The third-order valence-electron chi connectivity index (χ3n) is 3.92. The highest BCUT2D eigenvalue weighted by atomic mass is 32.1. The molecule has 0 spiro atoms. The number of hydrogen-bond donors (Lipinski definition) is 2. The first-order valence-corrected chi connectivity index (χ1v) is 9.17. The zero-order valence-electron chi connectivity index (χ0n) is 13.2. The molecule has 0 bridgehead atoms. The number of carbonyl (C=O) groups is 2. The first-order valence-electron chi connectivity index (χ1n) is 7.88. The molecule has 2 aromatic rings. The van der Waals surface area contributed by atoms with Crippen LogP contribution >= 0.6 is 23.6 Å². The SMILES string of the molecule is O=C(Cn1c(-c2cccs2)n[nH]c1=S)NCCC(=O)N1CCCC1. The molecule has 128 valence electrons. The Labute approximate surface area is 148 Å². The Bertz CT molecular complexity index is 759. The van der Waals surface area contributed by atoms with Gasteiger partial charge in [0.1, 0.15) is 6.54 Å². The van der Waals surface area contributed by atoms with Crippen molar-refractivity contribution in [3.63, 3.8) is 0 Å². The second kappa shape index (κ2) is 7.71. The summed E-state index contributed by atoms with van der Waals surface area (Å²) in [7, 11) is 0. The Balaban J connectivity index is 1.53. The first kappa shape index (κ1) is 16.8. The third kappa shape index (κ3) is 3.90. The molecule has 0 unspecified atom stereocenters. The van der Waals surface area contributed by atoms with Crippen LogP contribution in [0.1, 0.15) is 19.3 Å². The average molecular weight is 365 g/mol. The van der Waals surface area contributed by atoms with E-state index in [-0.39, 0.29) is 18.4 Å². The van der Waals surface area contributed by atoms with Crippen molar-refractivity contribution in [2.45, 2.75) is 25.8 Å². The van der Waals surface area contributed by atoms with Crippen LogP contribution in [0.2, 0.25) is 0 Å². The van der Waals surface area contributed by atoms with Crippen LogP contribution in [0, 0.1) is 4.77 Å². The molecule has 9 heteroatoms. The molecule has 0 atom stereocenters. The molecule has 24 heavy (non-hydrogen) atoms. The minimum atomic E-state index is -0.181. The smallest absolute Gasteiger partial charge is 0.240 e. The standard InChI is InChI=1S/C15H19N5O2S2/c21-12(16-6-5-13(22)19-7-1-2-8-19)10-20-14(17-18-15(20)23)11-4-3-9-24-11/h3-4,9H,1-2,5-8,10H2,(H,16,21)(H,18,23). The van der Waals surface area contributed by atoms with E-state index in [9.17, 15) is 9.59 Å². The molecule has 0 radical (unpaired) electrons. The molecule has 3 rings (SSSR count). The van der Waals surface area contributed by atoms with Crippen LogP contribution in [0.5, 0.6) is 0 Å². The molecule has 3 heterocycles. The minimum Gasteiger partial charge on any atom is -0.354 e. The fraction of sp³-hybridized carbons (Fsp3) is 0.467. The van der Waals surface area contributed by atoms with Crippen LogP contribution in [0.4, 0.5) is 0 Å². The van der Waals surface area contributed by atoms with Crippen LogP contribution < -0.4 is 5.32 Å². The molecular weight excluding hydrogens is 346 g/mol. The predicted octanol–water partition coefficient (Wildman–Crippen LogP) is 1.80. The lowest BCUT2D eigenvalue weighted by Gasteiger charge is -2.15. The summed E-state index contributed by atoms with van der Waals surface area (Å²) in [4.78, 5) is 26.9. The van der Waals surface area contributed by atoms with E-state index in [1.54, 1.807) is 4.57 Å². The number of hydrogen-bond acceptors (Lipinski definition) is 5. The Morgan fingerprint density at radius 1 is 1.38 bits per heavy atom. The van der Waals surface area contributed by atoms with E-state index in [1.165, 1.54) is 11.3 Å². The van der Waals surface area contributed by atoms with Gasteiger partial charge in [-0.3, -0.25) is 19.3 Å². The summed E-state index contributed by atoms with van der Waals surface area (Å²) in [6.07, 6.45) is 2.48. The van der Waals surface area contributed by atoms with Gasteiger partial charge in [0.15, 0.2) is 10.6 Å². The van der Waals surface area contributed by atoms with Gasteiger partial charge in [-0.1, -0.05) is 6.07 Å². The summed E-state index contributed by atoms with van der Waals surface area (Å²) in [6.45, 7) is 2.09. The Hall–Kier alpha value is -2.00. The minimum absolute atomic E-state index is 0.0838. The van der Waals surface area contributed by atoms with Gasteiger partial charge in [-0.05, 0) is 36.5 Å². The highest BCUT2D eigenvalue weighted by molar-refractivity contribution is 7.71. The topological polar surface area (TPSA) is 83.0 Å². The number of aromatic amines is 1. The van der Waals surface area contributed by atoms with Crippen molar-refractivity contribution in [1.82, 2.24) is 25.0 Å².